The van der Waals surface area contributed by atoms with Gasteiger partial charge in [-0.25, -0.2) is 0 Å². The second kappa shape index (κ2) is 10.3. The van der Waals surface area contributed by atoms with E-state index in [2.05, 4.69) is 31.4 Å². The van der Waals surface area contributed by atoms with E-state index in [0.717, 1.165) is 25.8 Å². The summed E-state index contributed by atoms with van der Waals surface area (Å²) in [7, 11) is 0. The Hall–Kier alpha value is -0.610. The van der Waals surface area contributed by atoms with Crippen LogP contribution in [0.25, 0.3) is 0 Å². The molecule has 2 unspecified atom stereocenters. The van der Waals surface area contributed by atoms with E-state index < -0.39 is 0 Å². The Bertz CT molecular complexity index is 214. The first-order valence-electron chi connectivity index (χ1n) is 7.12. The average Bonchev–Trinajstić information content (AvgIpc) is 2.29. The highest BCUT2D eigenvalue weighted by Crippen LogP contribution is 2.09. The van der Waals surface area contributed by atoms with Gasteiger partial charge in [-0.3, -0.25) is 4.79 Å². The Morgan fingerprint density at radius 3 is 2.39 bits per heavy atom. The maximum atomic E-state index is 11.6. The first-order valence-corrected chi connectivity index (χ1v) is 7.12. The molecule has 0 aromatic carbocycles. The minimum Gasteiger partial charge on any atom is -0.396 e. The molecular weight excluding hydrogens is 228 g/mol. The molecule has 0 fully saturated rings. The molecule has 0 bridgehead atoms. The fourth-order valence-electron chi connectivity index (χ4n) is 1.80. The molecule has 0 aliphatic rings. The van der Waals surface area contributed by atoms with Crippen LogP contribution < -0.4 is 10.6 Å². The largest absolute Gasteiger partial charge is 0.396 e. The molecular formula is C14H30N2O2. The molecule has 0 heterocycles. The molecule has 18 heavy (non-hydrogen) atoms. The third-order valence-corrected chi connectivity index (χ3v) is 3.34. The lowest BCUT2D eigenvalue weighted by Crippen LogP contribution is -2.42. The molecule has 0 radical (unpaired) electrons. The molecule has 3 N–H and O–H groups in total. The van der Waals surface area contributed by atoms with Crippen molar-refractivity contribution >= 4 is 5.91 Å². The number of rotatable bonds is 10. The zero-order valence-corrected chi connectivity index (χ0v) is 12.3. The van der Waals surface area contributed by atoms with Gasteiger partial charge in [0.15, 0.2) is 0 Å². The van der Waals surface area contributed by atoms with Crippen LogP contribution in [0.2, 0.25) is 0 Å². The van der Waals surface area contributed by atoms with Gasteiger partial charge in [0, 0.05) is 12.6 Å². The van der Waals surface area contributed by atoms with Gasteiger partial charge in [0.25, 0.3) is 0 Å². The van der Waals surface area contributed by atoms with E-state index in [4.69, 9.17) is 5.11 Å². The summed E-state index contributed by atoms with van der Waals surface area (Å²) in [6.07, 6.45) is 3.02. The second-order valence-corrected chi connectivity index (χ2v) is 5.40. The molecule has 0 saturated heterocycles. The van der Waals surface area contributed by atoms with Crippen LogP contribution in [-0.4, -0.2) is 36.8 Å². The van der Waals surface area contributed by atoms with E-state index in [9.17, 15) is 4.79 Å². The summed E-state index contributed by atoms with van der Waals surface area (Å²) in [6.45, 7) is 9.74. The van der Waals surface area contributed by atoms with Crippen molar-refractivity contribution in [2.24, 2.45) is 11.8 Å². The van der Waals surface area contributed by atoms with Crippen molar-refractivity contribution in [3.8, 4) is 0 Å². The fraction of sp³-hybridized carbons (Fsp3) is 0.929. The van der Waals surface area contributed by atoms with Crippen LogP contribution in [0.4, 0.5) is 0 Å². The third kappa shape index (κ3) is 8.48. The smallest absolute Gasteiger partial charge is 0.234 e. The zero-order valence-electron chi connectivity index (χ0n) is 12.3. The SMILES string of the molecule is CCCC(CCO)CNCC(=O)NC(C)C(C)C. The van der Waals surface area contributed by atoms with Gasteiger partial charge in [-0.05, 0) is 38.1 Å². The van der Waals surface area contributed by atoms with Crippen LogP contribution in [0.15, 0.2) is 0 Å². The van der Waals surface area contributed by atoms with Gasteiger partial charge in [-0.15, -0.1) is 0 Å². The van der Waals surface area contributed by atoms with Gasteiger partial charge in [-0.1, -0.05) is 27.2 Å². The number of aliphatic hydroxyl groups excluding tert-OH is 1. The van der Waals surface area contributed by atoms with E-state index in [1.807, 2.05) is 6.92 Å². The highest BCUT2D eigenvalue weighted by atomic mass is 16.3. The minimum absolute atomic E-state index is 0.0513. The van der Waals surface area contributed by atoms with Crippen molar-refractivity contribution in [1.82, 2.24) is 10.6 Å². The van der Waals surface area contributed by atoms with Crippen molar-refractivity contribution in [3.63, 3.8) is 0 Å². The highest BCUT2D eigenvalue weighted by Gasteiger charge is 2.11. The first kappa shape index (κ1) is 17.4. The molecule has 0 aromatic heterocycles. The predicted molar refractivity (Wildman–Crippen MR) is 75.4 cm³/mol. The molecule has 0 saturated carbocycles. The number of carbonyl (C=O) groups excluding carboxylic acids is 1. The van der Waals surface area contributed by atoms with Crippen LogP contribution in [-0.2, 0) is 4.79 Å². The summed E-state index contributed by atoms with van der Waals surface area (Å²) in [4.78, 5) is 11.6. The Morgan fingerprint density at radius 2 is 1.89 bits per heavy atom. The lowest BCUT2D eigenvalue weighted by Gasteiger charge is -2.19. The van der Waals surface area contributed by atoms with Crippen molar-refractivity contribution < 1.29 is 9.90 Å². The lowest BCUT2D eigenvalue weighted by molar-refractivity contribution is -0.121. The number of hydrogen-bond acceptors (Lipinski definition) is 3. The van der Waals surface area contributed by atoms with Gasteiger partial charge < -0.3 is 15.7 Å². The molecule has 0 aliphatic carbocycles. The normalized spacial score (nSPS) is 14.6. The van der Waals surface area contributed by atoms with Crippen LogP contribution in [0.1, 0.15) is 47.0 Å². The summed E-state index contributed by atoms with van der Waals surface area (Å²) in [5.41, 5.74) is 0. The van der Waals surface area contributed by atoms with Crippen molar-refractivity contribution in [1.29, 1.82) is 0 Å². The van der Waals surface area contributed by atoms with Gasteiger partial charge in [-0.2, -0.15) is 0 Å². The Labute approximate surface area is 112 Å². The molecule has 108 valence electrons. The second-order valence-electron chi connectivity index (χ2n) is 5.40. The molecule has 0 spiro atoms. The molecule has 1 amide bonds. The van der Waals surface area contributed by atoms with Crippen molar-refractivity contribution in [2.45, 2.75) is 53.0 Å². The Morgan fingerprint density at radius 1 is 1.22 bits per heavy atom. The Kier molecular flexibility index (Phi) is 9.98. The standard InChI is InChI=1S/C14H30N2O2/c1-5-6-13(7-8-17)9-15-10-14(18)16-12(4)11(2)3/h11-13,15,17H,5-10H2,1-4H3,(H,16,18). The molecule has 0 rings (SSSR count). The number of amides is 1. The third-order valence-electron chi connectivity index (χ3n) is 3.34. The topological polar surface area (TPSA) is 61.4 Å². The monoisotopic (exact) mass is 258 g/mol. The van der Waals surface area contributed by atoms with E-state index in [0.29, 0.717) is 18.4 Å². The number of aliphatic hydroxyl groups is 1. The van der Waals surface area contributed by atoms with Crippen LogP contribution >= 0.6 is 0 Å². The number of carbonyl (C=O) groups is 1. The van der Waals surface area contributed by atoms with Gasteiger partial charge in [0.2, 0.25) is 5.91 Å². The summed E-state index contributed by atoms with van der Waals surface area (Å²) < 4.78 is 0. The number of nitrogens with one attached hydrogen (secondary N) is 2. The van der Waals surface area contributed by atoms with Gasteiger partial charge in [0.1, 0.15) is 0 Å². The van der Waals surface area contributed by atoms with E-state index >= 15 is 0 Å². The molecule has 0 aromatic rings. The van der Waals surface area contributed by atoms with E-state index in [1.54, 1.807) is 0 Å². The number of hydrogen-bond donors (Lipinski definition) is 3. The molecule has 4 nitrogen and oxygen atoms in total. The van der Waals surface area contributed by atoms with Crippen LogP contribution in [0.3, 0.4) is 0 Å². The highest BCUT2D eigenvalue weighted by molar-refractivity contribution is 5.78. The Balaban J connectivity index is 3.77. The fourth-order valence-corrected chi connectivity index (χ4v) is 1.80. The van der Waals surface area contributed by atoms with Crippen LogP contribution in [0.5, 0.6) is 0 Å². The van der Waals surface area contributed by atoms with Crippen LogP contribution in [0, 0.1) is 11.8 Å². The lowest BCUT2D eigenvalue weighted by atomic mass is 10.0. The van der Waals surface area contributed by atoms with Gasteiger partial charge in [0.05, 0.1) is 6.54 Å². The summed E-state index contributed by atoms with van der Waals surface area (Å²) >= 11 is 0. The summed E-state index contributed by atoms with van der Waals surface area (Å²) in [5, 5.41) is 15.1. The van der Waals surface area contributed by atoms with Crippen molar-refractivity contribution in [3.05, 3.63) is 0 Å². The van der Waals surface area contributed by atoms with E-state index in [1.165, 1.54) is 0 Å². The quantitative estimate of drug-likeness (QED) is 0.557. The first-order chi connectivity index (χ1) is 8.51. The average molecular weight is 258 g/mol. The predicted octanol–water partition coefficient (Wildman–Crippen LogP) is 1.54. The summed E-state index contributed by atoms with van der Waals surface area (Å²) in [6, 6.07) is 0.211. The zero-order chi connectivity index (χ0) is 14.0. The summed E-state index contributed by atoms with van der Waals surface area (Å²) in [5.74, 6) is 0.974. The molecule has 0 aliphatic heterocycles. The van der Waals surface area contributed by atoms with Crippen molar-refractivity contribution in [2.75, 3.05) is 19.7 Å². The van der Waals surface area contributed by atoms with Gasteiger partial charge >= 0.3 is 0 Å². The molecule has 2 atom stereocenters. The maximum absolute atomic E-state index is 11.6. The maximum Gasteiger partial charge on any atom is 0.234 e. The minimum atomic E-state index is 0.0513. The van der Waals surface area contributed by atoms with E-state index in [-0.39, 0.29) is 18.6 Å². The molecule has 4 heteroatoms.